The van der Waals surface area contributed by atoms with Crippen molar-refractivity contribution in [3.63, 3.8) is 0 Å². The minimum Gasteiger partial charge on any atom is -0.452 e. The fourth-order valence-corrected chi connectivity index (χ4v) is 5.17. The molecule has 1 fully saturated rings. The number of benzene rings is 3. The van der Waals surface area contributed by atoms with Crippen molar-refractivity contribution in [1.29, 1.82) is 5.41 Å². The number of methoxy groups -OCH3 is 1. The van der Waals surface area contributed by atoms with Crippen LogP contribution in [0.4, 0.5) is 13.6 Å². The predicted octanol–water partition coefficient (Wildman–Crippen LogP) is 3.91. The molecule has 0 spiro atoms. The fraction of sp³-hybridized carbons (Fsp3) is 0.290. The highest BCUT2D eigenvalue weighted by Crippen LogP contribution is 2.36. The quantitative estimate of drug-likeness (QED) is 0.335. The molecule has 4 rings (SSSR count). The Morgan fingerprint density at radius 2 is 1.55 bits per heavy atom. The van der Waals surface area contributed by atoms with Crippen LogP contribution in [0, 0.1) is 17.0 Å². The van der Waals surface area contributed by atoms with Crippen molar-refractivity contribution in [2.45, 2.75) is 43.8 Å². The van der Waals surface area contributed by atoms with Crippen molar-refractivity contribution in [2.24, 2.45) is 5.73 Å². The maximum atomic E-state index is 13.9. The molecule has 1 aliphatic heterocycles. The van der Waals surface area contributed by atoms with E-state index >= 15 is 0 Å². The number of nitrogens with zero attached hydrogens (tertiary/aromatic N) is 2. The normalized spacial score (nSPS) is 15.6. The Labute approximate surface area is 242 Å². The molecule has 3 amide bonds. The number of hydrogen-bond donors (Lipinski definition) is 3. The predicted molar refractivity (Wildman–Crippen MR) is 152 cm³/mol. The topological polar surface area (TPSA) is 129 Å². The molecule has 0 radical (unpaired) electrons. The van der Waals surface area contributed by atoms with E-state index in [2.05, 4.69) is 5.32 Å². The van der Waals surface area contributed by atoms with Crippen LogP contribution in [-0.4, -0.2) is 59.4 Å². The van der Waals surface area contributed by atoms with E-state index in [1.807, 2.05) is 30.3 Å². The molecule has 3 aromatic carbocycles. The van der Waals surface area contributed by atoms with Gasteiger partial charge in [-0.2, -0.15) is 0 Å². The van der Waals surface area contributed by atoms with Gasteiger partial charge in [0.1, 0.15) is 11.6 Å². The number of carbonyl (C=O) groups excluding carboxylic acids is 3. The number of nitrogens with one attached hydrogen (secondary N) is 2. The number of nitrogens with two attached hydrogens (primary N) is 1. The van der Waals surface area contributed by atoms with Gasteiger partial charge in [0, 0.05) is 12.6 Å². The van der Waals surface area contributed by atoms with E-state index in [1.54, 1.807) is 6.92 Å². The number of guanidine groups is 1. The van der Waals surface area contributed by atoms with Gasteiger partial charge in [-0.15, -0.1) is 0 Å². The zero-order chi connectivity index (χ0) is 30.4. The molecule has 1 heterocycles. The average Bonchev–Trinajstić information content (AvgIpc) is 3.24. The largest absolute Gasteiger partial charge is 0.452 e. The summed E-state index contributed by atoms with van der Waals surface area (Å²) in [5.74, 6) is -2.26. The molecule has 42 heavy (non-hydrogen) atoms. The number of rotatable bonds is 10. The smallest absolute Gasteiger partial charge is 0.416 e. The molecule has 3 aromatic rings. The maximum absolute atomic E-state index is 13.9. The lowest BCUT2D eigenvalue weighted by Crippen LogP contribution is -2.51. The van der Waals surface area contributed by atoms with Crippen LogP contribution in [-0.2, 0) is 26.3 Å². The molecule has 1 aliphatic rings. The van der Waals surface area contributed by atoms with E-state index in [0.717, 1.165) is 10.5 Å². The van der Waals surface area contributed by atoms with Crippen molar-refractivity contribution in [1.82, 2.24) is 15.1 Å². The minimum absolute atomic E-state index is 0.0818. The van der Waals surface area contributed by atoms with Crippen LogP contribution in [0.1, 0.15) is 36.5 Å². The van der Waals surface area contributed by atoms with Gasteiger partial charge in [-0.3, -0.25) is 19.9 Å². The Bertz CT molecular complexity index is 1390. The summed E-state index contributed by atoms with van der Waals surface area (Å²) in [5.41, 5.74) is 6.22. The second-order valence-electron chi connectivity index (χ2n) is 10.2. The summed E-state index contributed by atoms with van der Waals surface area (Å²) in [6, 6.07) is 18.2. The molecular formula is C31H33F2N5O4. The zero-order valence-electron chi connectivity index (χ0n) is 23.3. The number of ether oxygens (including phenoxy) is 1. The summed E-state index contributed by atoms with van der Waals surface area (Å²) >= 11 is 0. The molecule has 0 aromatic heterocycles. The Balaban J connectivity index is 1.49. The lowest BCUT2D eigenvalue weighted by Gasteiger charge is -2.29. The molecular weight excluding hydrogens is 544 g/mol. The van der Waals surface area contributed by atoms with Crippen molar-refractivity contribution < 1.29 is 27.9 Å². The van der Waals surface area contributed by atoms with Gasteiger partial charge in [0.15, 0.2) is 11.5 Å². The maximum Gasteiger partial charge on any atom is 0.416 e. The third kappa shape index (κ3) is 6.15. The van der Waals surface area contributed by atoms with Gasteiger partial charge in [-0.05, 0) is 67.1 Å². The first kappa shape index (κ1) is 30.3. The standard InChI is InChI=1S/C31H33F2N5O4/c1-20(38(30(41)42-2)27(39)26(34)19-21-8-4-3-5-9-21)7-6-18-37-28(40)31(36-29(37)35,22-10-14-24(32)15-11-22)23-12-16-25(33)17-13-23/h3-5,8-17,20,26H,6-7,18-19,34H2,1-2H3,(H2,35,36)/t20-,26-/m0/s1. The Kier molecular flexibility index (Phi) is 9.31. The molecule has 220 valence electrons. The summed E-state index contributed by atoms with van der Waals surface area (Å²) in [6.07, 6.45) is -0.000820. The molecule has 0 aliphatic carbocycles. The molecule has 11 heteroatoms. The fourth-order valence-electron chi connectivity index (χ4n) is 5.17. The van der Waals surface area contributed by atoms with Crippen LogP contribution in [0.3, 0.4) is 0 Å². The van der Waals surface area contributed by atoms with Gasteiger partial charge in [0.2, 0.25) is 5.91 Å². The highest BCUT2D eigenvalue weighted by molar-refractivity contribution is 6.10. The first-order valence-corrected chi connectivity index (χ1v) is 13.5. The Hall–Kier alpha value is -4.64. The van der Waals surface area contributed by atoms with Crippen LogP contribution in [0.15, 0.2) is 78.9 Å². The van der Waals surface area contributed by atoms with E-state index in [-0.39, 0.29) is 25.3 Å². The van der Waals surface area contributed by atoms with Crippen LogP contribution in [0.2, 0.25) is 0 Å². The molecule has 9 nitrogen and oxygen atoms in total. The number of halogens is 2. The Morgan fingerprint density at radius 1 is 1.00 bits per heavy atom. The number of imide groups is 1. The number of amides is 3. The summed E-state index contributed by atoms with van der Waals surface area (Å²) in [6.45, 7) is 1.76. The summed E-state index contributed by atoms with van der Waals surface area (Å²) in [4.78, 5) is 41.9. The van der Waals surface area contributed by atoms with Crippen molar-refractivity contribution >= 4 is 23.9 Å². The SMILES string of the molecule is COC(=O)N(C(=O)[C@@H](N)Cc1ccccc1)[C@@H](C)CCCN1C(=N)NC(c2ccc(F)cc2)(c2ccc(F)cc2)C1=O. The van der Waals surface area contributed by atoms with Crippen LogP contribution in [0.5, 0.6) is 0 Å². The second kappa shape index (κ2) is 12.9. The van der Waals surface area contributed by atoms with E-state index in [4.69, 9.17) is 15.9 Å². The van der Waals surface area contributed by atoms with E-state index in [9.17, 15) is 23.2 Å². The average molecular weight is 578 g/mol. The summed E-state index contributed by atoms with van der Waals surface area (Å²) in [7, 11) is 1.18. The monoisotopic (exact) mass is 577 g/mol. The highest BCUT2D eigenvalue weighted by Gasteiger charge is 2.52. The second-order valence-corrected chi connectivity index (χ2v) is 10.2. The molecule has 0 saturated carbocycles. The zero-order valence-corrected chi connectivity index (χ0v) is 23.3. The third-order valence-electron chi connectivity index (χ3n) is 7.37. The molecule has 4 N–H and O–H groups in total. The number of hydrogen-bond acceptors (Lipinski definition) is 6. The number of carbonyl (C=O) groups is 3. The van der Waals surface area contributed by atoms with Crippen molar-refractivity contribution in [3.8, 4) is 0 Å². The van der Waals surface area contributed by atoms with Crippen molar-refractivity contribution in [3.05, 3.63) is 107 Å². The van der Waals surface area contributed by atoms with Gasteiger partial charge < -0.3 is 15.8 Å². The van der Waals surface area contributed by atoms with Gasteiger partial charge in [-0.25, -0.2) is 18.5 Å². The molecule has 0 unspecified atom stereocenters. The first-order chi connectivity index (χ1) is 20.1. The first-order valence-electron chi connectivity index (χ1n) is 13.5. The lowest BCUT2D eigenvalue weighted by molar-refractivity contribution is -0.133. The van der Waals surface area contributed by atoms with E-state index < -0.39 is 47.2 Å². The summed E-state index contributed by atoms with van der Waals surface area (Å²) < 4.78 is 32.3. The summed E-state index contributed by atoms with van der Waals surface area (Å²) in [5, 5.41) is 11.5. The van der Waals surface area contributed by atoms with Crippen LogP contribution in [0.25, 0.3) is 0 Å². The Morgan fingerprint density at radius 3 is 2.07 bits per heavy atom. The van der Waals surface area contributed by atoms with Gasteiger partial charge in [0.25, 0.3) is 5.91 Å². The molecule has 2 atom stereocenters. The van der Waals surface area contributed by atoms with Crippen molar-refractivity contribution in [2.75, 3.05) is 13.7 Å². The van der Waals surface area contributed by atoms with E-state index in [1.165, 1.54) is 60.5 Å². The van der Waals surface area contributed by atoms with Gasteiger partial charge in [-0.1, -0.05) is 54.6 Å². The molecule has 1 saturated heterocycles. The molecule has 0 bridgehead atoms. The van der Waals surface area contributed by atoms with Crippen LogP contribution >= 0.6 is 0 Å². The lowest BCUT2D eigenvalue weighted by atomic mass is 9.82. The minimum atomic E-state index is -1.57. The van der Waals surface area contributed by atoms with E-state index in [0.29, 0.717) is 17.5 Å². The van der Waals surface area contributed by atoms with Gasteiger partial charge >= 0.3 is 6.09 Å². The van der Waals surface area contributed by atoms with Gasteiger partial charge in [0.05, 0.1) is 13.2 Å². The highest BCUT2D eigenvalue weighted by atomic mass is 19.1. The van der Waals surface area contributed by atoms with Crippen LogP contribution < -0.4 is 11.1 Å². The third-order valence-corrected chi connectivity index (χ3v) is 7.37.